The number of barbiturate groups is 1. The van der Waals surface area contributed by atoms with Gasteiger partial charge in [-0.15, -0.1) is 0 Å². The SMILES string of the molecule is CCCCCCCCOc1ccc(Cl)cc1/C=C1\C(=O)NC(=O)N(c2cc(Cl)ccc2C)C1=O. The van der Waals surface area contributed by atoms with Gasteiger partial charge >= 0.3 is 6.03 Å². The molecular formula is C26H28Cl2N2O4. The average molecular weight is 503 g/mol. The van der Waals surface area contributed by atoms with Crippen LogP contribution in [0, 0.1) is 6.92 Å². The van der Waals surface area contributed by atoms with E-state index in [0.29, 0.717) is 39.2 Å². The predicted octanol–water partition coefficient (Wildman–Crippen LogP) is 6.71. The van der Waals surface area contributed by atoms with Crippen LogP contribution in [0.3, 0.4) is 0 Å². The summed E-state index contributed by atoms with van der Waals surface area (Å²) in [4.78, 5) is 39.3. The first-order valence-electron chi connectivity index (χ1n) is 11.4. The van der Waals surface area contributed by atoms with E-state index in [0.717, 1.165) is 24.2 Å². The zero-order chi connectivity index (χ0) is 24.7. The van der Waals surface area contributed by atoms with Gasteiger partial charge in [-0.05, 0) is 55.3 Å². The maximum absolute atomic E-state index is 13.3. The van der Waals surface area contributed by atoms with Gasteiger partial charge < -0.3 is 4.74 Å². The highest BCUT2D eigenvalue weighted by Crippen LogP contribution is 2.30. The molecule has 2 aromatic carbocycles. The molecule has 3 rings (SSSR count). The molecule has 0 saturated carbocycles. The summed E-state index contributed by atoms with van der Waals surface area (Å²) in [5, 5.41) is 3.02. The number of nitrogens with zero attached hydrogens (tertiary/aromatic N) is 1. The van der Waals surface area contributed by atoms with Crippen molar-refractivity contribution in [1.29, 1.82) is 0 Å². The second-order valence-corrected chi connectivity index (χ2v) is 9.06. The highest BCUT2D eigenvalue weighted by Gasteiger charge is 2.37. The molecule has 1 saturated heterocycles. The molecule has 6 nitrogen and oxygen atoms in total. The van der Waals surface area contributed by atoms with Gasteiger partial charge in [-0.2, -0.15) is 0 Å². The van der Waals surface area contributed by atoms with Gasteiger partial charge in [0.15, 0.2) is 0 Å². The molecule has 1 N–H and O–H groups in total. The molecule has 1 aliphatic rings. The summed E-state index contributed by atoms with van der Waals surface area (Å²) >= 11 is 12.3. The van der Waals surface area contributed by atoms with Crippen molar-refractivity contribution in [2.24, 2.45) is 0 Å². The first-order valence-corrected chi connectivity index (χ1v) is 12.2. The molecule has 1 fully saturated rings. The van der Waals surface area contributed by atoms with Crippen molar-refractivity contribution in [2.45, 2.75) is 52.4 Å². The number of hydrogen-bond donors (Lipinski definition) is 1. The zero-order valence-corrected chi connectivity index (χ0v) is 20.8. The first-order chi connectivity index (χ1) is 16.3. The minimum atomic E-state index is -0.830. The van der Waals surface area contributed by atoms with E-state index in [4.69, 9.17) is 27.9 Å². The Hall–Kier alpha value is -2.83. The van der Waals surface area contributed by atoms with Crippen molar-refractivity contribution >= 4 is 52.8 Å². The van der Waals surface area contributed by atoms with Gasteiger partial charge in [0.05, 0.1) is 12.3 Å². The van der Waals surface area contributed by atoms with Crippen molar-refractivity contribution < 1.29 is 19.1 Å². The lowest BCUT2D eigenvalue weighted by molar-refractivity contribution is -0.122. The van der Waals surface area contributed by atoms with Crippen molar-refractivity contribution in [3.8, 4) is 5.75 Å². The fourth-order valence-corrected chi connectivity index (χ4v) is 4.03. The molecule has 8 heteroatoms. The second-order valence-electron chi connectivity index (χ2n) is 8.19. The van der Waals surface area contributed by atoms with Gasteiger partial charge in [0, 0.05) is 15.6 Å². The van der Waals surface area contributed by atoms with Crippen molar-refractivity contribution in [1.82, 2.24) is 5.32 Å². The molecule has 1 heterocycles. The number of halogens is 2. The number of hydrogen-bond acceptors (Lipinski definition) is 4. The van der Waals surface area contributed by atoms with E-state index in [2.05, 4.69) is 12.2 Å². The fourth-order valence-electron chi connectivity index (χ4n) is 3.68. The number of amides is 4. The molecule has 0 aliphatic carbocycles. The van der Waals surface area contributed by atoms with E-state index in [-0.39, 0.29) is 5.57 Å². The summed E-state index contributed by atoms with van der Waals surface area (Å²) in [7, 11) is 0. The number of aryl methyl sites for hydroxylation is 1. The molecule has 0 spiro atoms. The number of benzene rings is 2. The van der Waals surface area contributed by atoms with Crippen LogP contribution >= 0.6 is 23.2 Å². The van der Waals surface area contributed by atoms with E-state index in [9.17, 15) is 14.4 Å². The second kappa shape index (κ2) is 12.0. The summed E-state index contributed by atoms with van der Waals surface area (Å²) in [5.41, 5.74) is 1.24. The number of imide groups is 2. The van der Waals surface area contributed by atoms with Crippen LogP contribution in [0.1, 0.15) is 56.6 Å². The quantitative estimate of drug-likeness (QED) is 0.222. The van der Waals surface area contributed by atoms with Crippen LogP contribution in [0.5, 0.6) is 5.75 Å². The number of rotatable bonds is 10. The van der Waals surface area contributed by atoms with Gasteiger partial charge in [-0.3, -0.25) is 14.9 Å². The fraction of sp³-hybridized carbons (Fsp3) is 0.346. The van der Waals surface area contributed by atoms with Gasteiger partial charge in [-0.1, -0.05) is 68.3 Å². The summed E-state index contributed by atoms with van der Waals surface area (Å²) in [6.45, 7) is 4.44. The Morgan fingerprint density at radius 2 is 1.62 bits per heavy atom. The van der Waals surface area contributed by atoms with E-state index in [1.165, 1.54) is 31.4 Å². The first kappa shape index (κ1) is 25.8. The van der Waals surface area contributed by atoms with E-state index < -0.39 is 17.8 Å². The zero-order valence-electron chi connectivity index (χ0n) is 19.3. The summed E-state index contributed by atoms with van der Waals surface area (Å²) in [6, 6.07) is 9.06. The van der Waals surface area contributed by atoms with E-state index >= 15 is 0 Å². The smallest absolute Gasteiger partial charge is 0.335 e. The number of carbonyl (C=O) groups excluding carboxylic acids is 3. The van der Waals surface area contributed by atoms with Crippen LogP contribution < -0.4 is 15.0 Å². The third-order valence-corrected chi connectivity index (χ3v) is 6.01. The molecular weight excluding hydrogens is 475 g/mol. The minimum Gasteiger partial charge on any atom is -0.493 e. The highest BCUT2D eigenvalue weighted by molar-refractivity contribution is 6.40. The molecule has 1 aliphatic heterocycles. The van der Waals surface area contributed by atoms with Gasteiger partial charge in [-0.25, -0.2) is 9.69 Å². The monoisotopic (exact) mass is 502 g/mol. The maximum Gasteiger partial charge on any atom is 0.335 e. The molecule has 0 aromatic heterocycles. The molecule has 0 unspecified atom stereocenters. The van der Waals surface area contributed by atoms with Crippen LogP contribution in [0.4, 0.5) is 10.5 Å². The topological polar surface area (TPSA) is 75.7 Å². The van der Waals surface area contributed by atoms with Crippen molar-refractivity contribution in [3.63, 3.8) is 0 Å². The normalized spacial score (nSPS) is 15.1. The van der Waals surface area contributed by atoms with Crippen LogP contribution in [-0.2, 0) is 9.59 Å². The molecule has 4 amide bonds. The number of carbonyl (C=O) groups is 3. The lowest BCUT2D eigenvalue weighted by Crippen LogP contribution is -2.54. The summed E-state index contributed by atoms with van der Waals surface area (Å²) in [5.74, 6) is -1.03. The van der Waals surface area contributed by atoms with Crippen LogP contribution in [0.25, 0.3) is 6.08 Å². The predicted molar refractivity (Wildman–Crippen MR) is 136 cm³/mol. The molecule has 0 atom stereocenters. The largest absolute Gasteiger partial charge is 0.493 e. The third-order valence-electron chi connectivity index (χ3n) is 5.54. The number of unbranched alkanes of at least 4 members (excludes halogenated alkanes) is 5. The lowest BCUT2D eigenvalue weighted by Gasteiger charge is -2.27. The minimum absolute atomic E-state index is 0.203. The Morgan fingerprint density at radius 1 is 0.941 bits per heavy atom. The molecule has 2 aromatic rings. The Morgan fingerprint density at radius 3 is 2.38 bits per heavy atom. The standard InChI is InChI=1S/C26H28Cl2N2O4/c1-3-4-5-6-7-8-13-34-23-12-11-19(27)14-18(23)15-21-24(31)29-26(33)30(25(21)32)22-16-20(28)10-9-17(22)2/h9-12,14-16H,3-8,13H2,1-2H3,(H,29,31,33)/b21-15+. The molecule has 0 radical (unpaired) electrons. The Labute approximate surface area is 209 Å². The summed E-state index contributed by atoms with van der Waals surface area (Å²) in [6.07, 6.45) is 8.19. The Bertz CT molecular complexity index is 1110. The highest BCUT2D eigenvalue weighted by atomic mass is 35.5. The maximum atomic E-state index is 13.3. The van der Waals surface area contributed by atoms with Gasteiger partial charge in [0.1, 0.15) is 11.3 Å². The van der Waals surface area contributed by atoms with Crippen LogP contribution in [-0.4, -0.2) is 24.5 Å². The van der Waals surface area contributed by atoms with Crippen LogP contribution in [0.15, 0.2) is 42.0 Å². The molecule has 0 bridgehead atoms. The van der Waals surface area contributed by atoms with Gasteiger partial charge in [0.25, 0.3) is 11.8 Å². The Balaban J connectivity index is 1.84. The van der Waals surface area contributed by atoms with Crippen molar-refractivity contribution in [3.05, 3.63) is 63.1 Å². The molecule has 34 heavy (non-hydrogen) atoms. The number of urea groups is 1. The third kappa shape index (κ3) is 6.39. The summed E-state index contributed by atoms with van der Waals surface area (Å²) < 4.78 is 5.93. The molecule has 180 valence electrons. The van der Waals surface area contributed by atoms with E-state index in [1.807, 2.05) is 0 Å². The van der Waals surface area contributed by atoms with Crippen LogP contribution in [0.2, 0.25) is 10.0 Å². The number of anilines is 1. The van der Waals surface area contributed by atoms with E-state index in [1.54, 1.807) is 37.3 Å². The number of nitrogens with one attached hydrogen (secondary N) is 1. The number of ether oxygens (including phenoxy) is 1. The Kier molecular flexibility index (Phi) is 9.13. The van der Waals surface area contributed by atoms with Gasteiger partial charge in [0.2, 0.25) is 0 Å². The average Bonchev–Trinajstić information content (AvgIpc) is 2.79. The lowest BCUT2D eigenvalue weighted by atomic mass is 10.0. The van der Waals surface area contributed by atoms with Crippen molar-refractivity contribution in [2.75, 3.05) is 11.5 Å².